The standard InChI is InChI=1S/C14H13ClN2O4/c15-11-4-3-9(14-10(11)2-1-5-16-14)6-17(7-12(18)19)8-13(20)21/h1-5H,6-8H2,(H,18,19)(H,20,21). The van der Waals surface area contributed by atoms with Gasteiger partial charge in [-0.25, -0.2) is 0 Å². The van der Waals surface area contributed by atoms with Crippen LogP contribution in [-0.4, -0.2) is 45.1 Å². The zero-order valence-electron chi connectivity index (χ0n) is 11.0. The molecule has 0 aliphatic carbocycles. The van der Waals surface area contributed by atoms with Gasteiger partial charge in [0, 0.05) is 23.2 Å². The van der Waals surface area contributed by atoms with Crippen molar-refractivity contribution in [2.24, 2.45) is 0 Å². The maximum absolute atomic E-state index is 10.8. The van der Waals surface area contributed by atoms with E-state index in [1.165, 1.54) is 4.90 Å². The van der Waals surface area contributed by atoms with E-state index < -0.39 is 11.9 Å². The third-order valence-electron chi connectivity index (χ3n) is 2.91. The highest BCUT2D eigenvalue weighted by atomic mass is 35.5. The number of carboxylic acid groups (broad SMARTS) is 2. The SMILES string of the molecule is O=C(O)CN(CC(=O)O)Cc1ccc(Cl)c2cccnc12. The number of carboxylic acids is 2. The molecule has 6 nitrogen and oxygen atoms in total. The molecular formula is C14H13ClN2O4. The van der Waals surface area contributed by atoms with Crippen LogP contribution in [0.15, 0.2) is 30.5 Å². The number of carbonyl (C=O) groups is 2. The molecule has 0 spiro atoms. The molecule has 1 heterocycles. The molecule has 1 aromatic carbocycles. The summed E-state index contributed by atoms with van der Waals surface area (Å²) < 4.78 is 0. The first kappa shape index (κ1) is 15.2. The minimum absolute atomic E-state index is 0.170. The third-order valence-corrected chi connectivity index (χ3v) is 3.24. The quantitative estimate of drug-likeness (QED) is 0.846. The van der Waals surface area contributed by atoms with Crippen LogP contribution in [0.3, 0.4) is 0 Å². The number of hydrogen-bond donors (Lipinski definition) is 2. The fourth-order valence-corrected chi connectivity index (χ4v) is 2.33. The van der Waals surface area contributed by atoms with Gasteiger partial charge in [0.1, 0.15) is 0 Å². The van der Waals surface area contributed by atoms with E-state index in [9.17, 15) is 9.59 Å². The number of rotatable bonds is 6. The lowest BCUT2D eigenvalue weighted by Gasteiger charge is -2.19. The summed E-state index contributed by atoms with van der Waals surface area (Å²) in [6, 6.07) is 6.99. The van der Waals surface area contributed by atoms with Gasteiger partial charge in [0.05, 0.1) is 18.6 Å². The molecule has 0 unspecified atom stereocenters. The smallest absolute Gasteiger partial charge is 0.317 e. The minimum Gasteiger partial charge on any atom is -0.480 e. The molecule has 0 radical (unpaired) electrons. The fraction of sp³-hybridized carbons (Fsp3) is 0.214. The van der Waals surface area contributed by atoms with Crippen LogP contribution in [0.5, 0.6) is 0 Å². The van der Waals surface area contributed by atoms with Gasteiger partial charge in [0.15, 0.2) is 0 Å². The molecule has 110 valence electrons. The normalized spacial score (nSPS) is 11.0. The number of pyridine rings is 1. The van der Waals surface area contributed by atoms with Crippen molar-refractivity contribution >= 4 is 34.4 Å². The van der Waals surface area contributed by atoms with Gasteiger partial charge in [-0.1, -0.05) is 17.7 Å². The van der Waals surface area contributed by atoms with Crippen LogP contribution in [0.4, 0.5) is 0 Å². The van der Waals surface area contributed by atoms with Crippen LogP contribution < -0.4 is 0 Å². The summed E-state index contributed by atoms with van der Waals surface area (Å²) in [6.07, 6.45) is 1.61. The minimum atomic E-state index is -1.08. The van der Waals surface area contributed by atoms with Crippen molar-refractivity contribution in [2.45, 2.75) is 6.54 Å². The van der Waals surface area contributed by atoms with E-state index in [1.807, 2.05) is 6.07 Å². The first-order valence-electron chi connectivity index (χ1n) is 6.15. The second kappa shape index (κ2) is 6.51. The predicted octanol–water partition coefficient (Wildman–Crippen LogP) is 1.86. The zero-order valence-corrected chi connectivity index (χ0v) is 11.7. The van der Waals surface area contributed by atoms with Gasteiger partial charge in [-0.15, -0.1) is 0 Å². The molecule has 0 atom stereocenters. The Morgan fingerprint density at radius 3 is 2.43 bits per heavy atom. The van der Waals surface area contributed by atoms with Crippen molar-refractivity contribution in [3.8, 4) is 0 Å². The van der Waals surface area contributed by atoms with Crippen LogP contribution in [0.25, 0.3) is 10.9 Å². The molecule has 0 bridgehead atoms. The van der Waals surface area contributed by atoms with Crippen LogP contribution in [-0.2, 0) is 16.1 Å². The van der Waals surface area contributed by atoms with E-state index in [0.29, 0.717) is 10.5 Å². The number of hydrogen-bond acceptors (Lipinski definition) is 4. The van der Waals surface area contributed by atoms with Crippen molar-refractivity contribution in [1.82, 2.24) is 9.88 Å². The highest BCUT2D eigenvalue weighted by molar-refractivity contribution is 6.35. The Hall–Kier alpha value is -2.18. The molecule has 0 fully saturated rings. The monoisotopic (exact) mass is 308 g/mol. The maximum atomic E-state index is 10.8. The van der Waals surface area contributed by atoms with Crippen molar-refractivity contribution in [1.29, 1.82) is 0 Å². The largest absolute Gasteiger partial charge is 0.480 e. The van der Waals surface area contributed by atoms with Crippen molar-refractivity contribution in [3.05, 3.63) is 41.0 Å². The van der Waals surface area contributed by atoms with Gasteiger partial charge in [-0.3, -0.25) is 19.5 Å². The average Bonchev–Trinajstić information content (AvgIpc) is 2.41. The maximum Gasteiger partial charge on any atom is 0.317 e. The highest BCUT2D eigenvalue weighted by Crippen LogP contribution is 2.25. The van der Waals surface area contributed by atoms with E-state index in [4.69, 9.17) is 21.8 Å². The van der Waals surface area contributed by atoms with E-state index in [2.05, 4.69) is 4.98 Å². The Balaban J connectivity index is 2.34. The van der Waals surface area contributed by atoms with Gasteiger partial charge in [0.2, 0.25) is 0 Å². The number of aliphatic carboxylic acids is 2. The average molecular weight is 309 g/mol. The fourth-order valence-electron chi connectivity index (χ4n) is 2.12. The number of benzene rings is 1. The molecule has 0 saturated heterocycles. The Kier molecular flexibility index (Phi) is 4.72. The predicted molar refractivity (Wildman–Crippen MR) is 77.3 cm³/mol. The van der Waals surface area contributed by atoms with Crippen molar-refractivity contribution in [3.63, 3.8) is 0 Å². The lowest BCUT2D eigenvalue weighted by atomic mass is 10.1. The molecular weight excluding hydrogens is 296 g/mol. The molecule has 2 rings (SSSR count). The summed E-state index contributed by atoms with van der Waals surface area (Å²) in [6.45, 7) is -0.546. The van der Waals surface area contributed by atoms with Crippen LogP contribution in [0.2, 0.25) is 5.02 Å². The number of aromatic nitrogens is 1. The Bertz CT molecular complexity index is 674. The van der Waals surface area contributed by atoms with Crippen molar-refractivity contribution in [2.75, 3.05) is 13.1 Å². The van der Waals surface area contributed by atoms with E-state index in [0.717, 1.165) is 10.9 Å². The van der Waals surface area contributed by atoms with Gasteiger partial charge >= 0.3 is 11.9 Å². The molecule has 21 heavy (non-hydrogen) atoms. The Labute approximate surface area is 125 Å². The summed E-state index contributed by atoms with van der Waals surface area (Å²) in [5.41, 5.74) is 1.38. The van der Waals surface area contributed by atoms with Gasteiger partial charge in [-0.2, -0.15) is 0 Å². The van der Waals surface area contributed by atoms with Crippen LogP contribution in [0, 0.1) is 0 Å². The number of halogens is 1. The first-order chi connectivity index (χ1) is 9.97. The molecule has 0 amide bonds. The highest BCUT2D eigenvalue weighted by Gasteiger charge is 2.16. The van der Waals surface area contributed by atoms with E-state index >= 15 is 0 Å². The lowest BCUT2D eigenvalue weighted by Crippen LogP contribution is -2.34. The van der Waals surface area contributed by atoms with E-state index in [1.54, 1.807) is 24.4 Å². The Morgan fingerprint density at radius 2 is 1.81 bits per heavy atom. The molecule has 0 aliphatic heterocycles. The summed E-state index contributed by atoms with van der Waals surface area (Å²) in [4.78, 5) is 27.2. The molecule has 1 aromatic heterocycles. The topological polar surface area (TPSA) is 90.7 Å². The second-order valence-electron chi connectivity index (χ2n) is 4.54. The van der Waals surface area contributed by atoms with Gasteiger partial charge in [0.25, 0.3) is 0 Å². The van der Waals surface area contributed by atoms with Crippen LogP contribution in [0.1, 0.15) is 5.56 Å². The molecule has 0 aliphatic rings. The summed E-state index contributed by atoms with van der Waals surface area (Å²) in [5, 5.41) is 19.0. The summed E-state index contributed by atoms with van der Waals surface area (Å²) in [5.74, 6) is -2.16. The van der Waals surface area contributed by atoms with Gasteiger partial charge in [-0.05, 0) is 23.8 Å². The Morgan fingerprint density at radius 1 is 1.14 bits per heavy atom. The summed E-state index contributed by atoms with van der Waals surface area (Å²) in [7, 11) is 0. The molecule has 2 N–H and O–H groups in total. The lowest BCUT2D eigenvalue weighted by molar-refractivity contribution is -0.141. The third kappa shape index (κ3) is 3.90. The van der Waals surface area contributed by atoms with E-state index in [-0.39, 0.29) is 19.6 Å². The summed E-state index contributed by atoms with van der Waals surface area (Å²) >= 11 is 6.09. The zero-order chi connectivity index (χ0) is 15.4. The van der Waals surface area contributed by atoms with Crippen LogP contribution >= 0.6 is 11.6 Å². The first-order valence-corrected chi connectivity index (χ1v) is 6.53. The van der Waals surface area contributed by atoms with Gasteiger partial charge < -0.3 is 10.2 Å². The number of nitrogens with zero attached hydrogens (tertiary/aromatic N) is 2. The van der Waals surface area contributed by atoms with Crippen molar-refractivity contribution < 1.29 is 19.8 Å². The molecule has 0 saturated carbocycles. The molecule has 7 heteroatoms. The second-order valence-corrected chi connectivity index (χ2v) is 4.95. The molecule has 2 aromatic rings. The number of fused-ring (bicyclic) bond motifs is 1.